The van der Waals surface area contributed by atoms with Crippen LogP contribution in [0.4, 0.5) is 24.5 Å². The number of para-hydroxylation sites is 1. The van der Waals surface area contributed by atoms with E-state index >= 15 is 0 Å². The lowest BCUT2D eigenvalue weighted by Gasteiger charge is -2.25. The van der Waals surface area contributed by atoms with Gasteiger partial charge in [0.05, 0.1) is 17.7 Å². The first-order valence-corrected chi connectivity index (χ1v) is 8.46. The second-order valence-corrected chi connectivity index (χ2v) is 6.56. The minimum Gasteiger partial charge on any atom is -0.454 e. The Balaban J connectivity index is 1.73. The molecule has 2 amide bonds. The number of carbonyl (C=O) groups is 2. The van der Waals surface area contributed by atoms with Crippen LogP contribution in [-0.2, 0) is 4.79 Å². The highest BCUT2D eigenvalue weighted by Gasteiger charge is 2.51. The summed E-state index contributed by atoms with van der Waals surface area (Å²) >= 11 is 0. The second-order valence-electron chi connectivity index (χ2n) is 6.56. The fourth-order valence-electron chi connectivity index (χ4n) is 2.57. The van der Waals surface area contributed by atoms with Gasteiger partial charge in [0.15, 0.2) is 17.1 Å². The Morgan fingerprint density at radius 1 is 1.07 bits per heavy atom. The molecule has 2 aromatic rings. The van der Waals surface area contributed by atoms with Crippen molar-refractivity contribution in [3.05, 3.63) is 48.0 Å². The molecule has 0 saturated carbocycles. The van der Waals surface area contributed by atoms with Crippen molar-refractivity contribution in [2.24, 2.45) is 0 Å². The molecule has 10 heteroatoms. The van der Waals surface area contributed by atoms with Crippen LogP contribution >= 0.6 is 0 Å². The van der Waals surface area contributed by atoms with Crippen LogP contribution in [0.25, 0.3) is 0 Å². The standard InChI is InChI=1S/C19H17F3N2O5/c1-18(27,19(20,21)22)9-16(25)24-13-5-3-2-4-12(13)17(26)23-11-6-7-14-15(8-11)29-10-28-14/h2-8,27H,9-10H2,1H3,(H,23,26)(H,24,25)/t18-/m1/s1. The first-order valence-electron chi connectivity index (χ1n) is 8.46. The lowest BCUT2D eigenvalue weighted by Crippen LogP contribution is -2.45. The number of rotatable bonds is 5. The van der Waals surface area contributed by atoms with E-state index in [1.165, 1.54) is 24.3 Å². The molecule has 0 fully saturated rings. The summed E-state index contributed by atoms with van der Waals surface area (Å²) in [7, 11) is 0. The van der Waals surface area contributed by atoms with Crippen LogP contribution in [0.15, 0.2) is 42.5 Å². The summed E-state index contributed by atoms with van der Waals surface area (Å²) in [6, 6.07) is 10.6. The summed E-state index contributed by atoms with van der Waals surface area (Å²) < 4.78 is 48.7. The highest BCUT2D eigenvalue weighted by atomic mass is 19.4. The maximum atomic E-state index is 12.8. The molecule has 154 valence electrons. The van der Waals surface area contributed by atoms with Crippen molar-refractivity contribution in [2.75, 3.05) is 17.4 Å². The monoisotopic (exact) mass is 410 g/mol. The molecule has 3 N–H and O–H groups in total. The Hall–Kier alpha value is -3.27. The van der Waals surface area contributed by atoms with Gasteiger partial charge in [-0.05, 0) is 31.2 Å². The van der Waals surface area contributed by atoms with Crippen molar-refractivity contribution >= 4 is 23.2 Å². The van der Waals surface area contributed by atoms with Gasteiger partial charge >= 0.3 is 6.18 Å². The summed E-state index contributed by atoms with van der Waals surface area (Å²) in [4.78, 5) is 24.6. The van der Waals surface area contributed by atoms with Gasteiger partial charge in [0.1, 0.15) is 0 Å². The number of fused-ring (bicyclic) bond motifs is 1. The fourth-order valence-corrected chi connectivity index (χ4v) is 2.57. The molecule has 0 unspecified atom stereocenters. The van der Waals surface area contributed by atoms with Crippen LogP contribution in [0.5, 0.6) is 11.5 Å². The summed E-state index contributed by atoms with van der Waals surface area (Å²) in [5, 5.41) is 14.3. The van der Waals surface area contributed by atoms with Gasteiger partial charge in [-0.1, -0.05) is 12.1 Å². The average Bonchev–Trinajstić information content (AvgIpc) is 3.08. The van der Waals surface area contributed by atoms with Crippen LogP contribution < -0.4 is 20.1 Å². The van der Waals surface area contributed by atoms with E-state index in [9.17, 15) is 27.9 Å². The van der Waals surface area contributed by atoms with E-state index < -0.39 is 30.0 Å². The van der Waals surface area contributed by atoms with E-state index in [4.69, 9.17) is 9.47 Å². The fraction of sp³-hybridized carbons (Fsp3) is 0.263. The number of hydrogen-bond donors (Lipinski definition) is 3. The van der Waals surface area contributed by atoms with Crippen LogP contribution in [-0.4, -0.2) is 35.5 Å². The molecule has 3 rings (SSSR count). The van der Waals surface area contributed by atoms with Gasteiger partial charge in [0.25, 0.3) is 5.91 Å². The third-order valence-corrected chi connectivity index (χ3v) is 4.19. The van der Waals surface area contributed by atoms with E-state index in [0.29, 0.717) is 24.1 Å². The normalized spacial score (nSPS) is 14.8. The molecule has 0 aliphatic carbocycles. The maximum Gasteiger partial charge on any atom is 0.417 e. The minimum absolute atomic E-state index is 0.00807. The van der Waals surface area contributed by atoms with E-state index in [-0.39, 0.29) is 18.0 Å². The Morgan fingerprint density at radius 3 is 2.48 bits per heavy atom. The zero-order chi connectivity index (χ0) is 21.2. The molecule has 1 aliphatic heterocycles. The maximum absolute atomic E-state index is 12.8. The van der Waals surface area contributed by atoms with Crippen molar-refractivity contribution in [1.29, 1.82) is 0 Å². The second kappa shape index (κ2) is 7.63. The Morgan fingerprint density at radius 2 is 1.76 bits per heavy atom. The largest absolute Gasteiger partial charge is 0.454 e. The van der Waals surface area contributed by atoms with Crippen LogP contribution in [0.1, 0.15) is 23.7 Å². The SMILES string of the molecule is C[C@@](O)(CC(=O)Nc1ccccc1C(=O)Nc1ccc2c(c1)OCO2)C(F)(F)F. The molecule has 1 heterocycles. The molecule has 1 aliphatic rings. The number of nitrogens with one attached hydrogen (secondary N) is 2. The summed E-state index contributed by atoms with van der Waals surface area (Å²) in [5.41, 5.74) is -2.75. The van der Waals surface area contributed by atoms with Gasteiger partial charge in [-0.2, -0.15) is 13.2 Å². The summed E-state index contributed by atoms with van der Waals surface area (Å²) in [6.07, 6.45) is -6.19. The number of alkyl halides is 3. The lowest BCUT2D eigenvalue weighted by atomic mass is 10.0. The van der Waals surface area contributed by atoms with Crippen molar-refractivity contribution in [3.63, 3.8) is 0 Å². The Bertz CT molecular complexity index is 944. The van der Waals surface area contributed by atoms with Crippen molar-refractivity contribution < 1.29 is 37.3 Å². The summed E-state index contributed by atoms with van der Waals surface area (Å²) in [5.74, 6) is -0.691. The third kappa shape index (κ3) is 4.60. The smallest absolute Gasteiger partial charge is 0.417 e. The zero-order valence-electron chi connectivity index (χ0n) is 15.2. The first kappa shape index (κ1) is 20.5. The average molecular weight is 410 g/mol. The number of benzene rings is 2. The van der Waals surface area contributed by atoms with E-state index in [0.717, 1.165) is 0 Å². The number of carbonyl (C=O) groups excluding carboxylic acids is 2. The topological polar surface area (TPSA) is 96.9 Å². The predicted molar refractivity (Wildman–Crippen MR) is 96.9 cm³/mol. The molecule has 0 bridgehead atoms. The third-order valence-electron chi connectivity index (χ3n) is 4.19. The van der Waals surface area contributed by atoms with E-state index in [1.54, 1.807) is 18.2 Å². The van der Waals surface area contributed by atoms with Gasteiger partial charge in [-0.3, -0.25) is 9.59 Å². The Labute approximate surface area is 163 Å². The quantitative estimate of drug-likeness (QED) is 0.703. The van der Waals surface area contributed by atoms with Gasteiger partial charge in [0, 0.05) is 11.8 Å². The number of anilines is 2. The van der Waals surface area contributed by atoms with Crippen LogP contribution in [0, 0.1) is 0 Å². The van der Waals surface area contributed by atoms with Crippen LogP contribution in [0.3, 0.4) is 0 Å². The Kier molecular flexibility index (Phi) is 5.38. The molecule has 2 aromatic carbocycles. The molecule has 7 nitrogen and oxygen atoms in total. The predicted octanol–water partition coefficient (Wildman–Crippen LogP) is 3.31. The highest BCUT2D eigenvalue weighted by Crippen LogP contribution is 2.35. The highest BCUT2D eigenvalue weighted by molar-refractivity contribution is 6.10. The summed E-state index contributed by atoms with van der Waals surface area (Å²) in [6.45, 7) is 0.578. The van der Waals surface area contributed by atoms with Crippen molar-refractivity contribution in [2.45, 2.75) is 25.1 Å². The van der Waals surface area contributed by atoms with Gasteiger partial charge in [0.2, 0.25) is 12.7 Å². The number of hydrogen-bond acceptors (Lipinski definition) is 5. The zero-order valence-corrected chi connectivity index (χ0v) is 15.2. The van der Waals surface area contributed by atoms with Gasteiger partial charge in [-0.25, -0.2) is 0 Å². The van der Waals surface area contributed by atoms with Crippen molar-refractivity contribution in [3.8, 4) is 11.5 Å². The van der Waals surface area contributed by atoms with Crippen LogP contribution in [0.2, 0.25) is 0 Å². The van der Waals surface area contributed by atoms with Crippen molar-refractivity contribution in [1.82, 2.24) is 0 Å². The number of amides is 2. The molecule has 0 spiro atoms. The first-order chi connectivity index (χ1) is 13.6. The molecule has 1 atom stereocenters. The van der Waals surface area contributed by atoms with Gasteiger partial charge < -0.3 is 25.2 Å². The molecule has 0 aromatic heterocycles. The number of ether oxygens (including phenoxy) is 2. The molecule has 0 radical (unpaired) electrons. The van der Waals surface area contributed by atoms with E-state index in [1.807, 2.05) is 0 Å². The van der Waals surface area contributed by atoms with Gasteiger partial charge in [-0.15, -0.1) is 0 Å². The molecule has 29 heavy (non-hydrogen) atoms. The van der Waals surface area contributed by atoms with E-state index in [2.05, 4.69) is 10.6 Å². The molecular weight excluding hydrogens is 393 g/mol. The minimum atomic E-state index is -4.97. The molecule has 0 saturated heterocycles. The number of aliphatic hydroxyl groups is 1. The molecular formula is C19H17F3N2O5. The number of halogens is 3. The lowest BCUT2D eigenvalue weighted by molar-refractivity contribution is -0.252.